The third kappa shape index (κ3) is 9.14. The fourth-order valence-electron chi connectivity index (χ4n) is 4.63. The normalized spacial score (nSPS) is 13.6. The van der Waals surface area contributed by atoms with Gasteiger partial charge in [-0.2, -0.15) is 31.4 Å². The van der Waals surface area contributed by atoms with Crippen molar-refractivity contribution in [1.29, 1.82) is 0 Å². The molecule has 0 bridgehead atoms. The van der Waals surface area contributed by atoms with Gasteiger partial charge in [0, 0.05) is 29.2 Å². The van der Waals surface area contributed by atoms with Gasteiger partial charge in [0.1, 0.15) is 5.01 Å². The van der Waals surface area contributed by atoms with Crippen LogP contribution in [0.4, 0.5) is 31.5 Å². The molecule has 2 aromatic heterocycles. The van der Waals surface area contributed by atoms with Crippen LogP contribution in [0.25, 0.3) is 21.5 Å². The molecular weight excluding hydrogens is 610 g/mol. The number of nitrogens with one attached hydrogen (secondary N) is 3. The molecule has 3 N–H and O–H groups in total. The molecule has 2 atom stereocenters. The first-order chi connectivity index (χ1) is 20.8. The molecule has 0 fully saturated rings. The van der Waals surface area contributed by atoms with Gasteiger partial charge in [0.15, 0.2) is 6.23 Å². The summed E-state index contributed by atoms with van der Waals surface area (Å²) in [6, 6.07) is 9.58. The van der Waals surface area contributed by atoms with Crippen molar-refractivity contribution in [2.45, 2.75) is 77.0 Å². The number of carbonyl (C=O) groups is 1. The van der Waals surface area contributed by atoms with Crippen molar-refractivity contribution in [3.8, 4) is 10.6 Å². The monoisotopic (exact) mass is 642 g/mol. The number of esters is 1. The molecule has 2 heterocycles. The van der Waals surface area contributed by atoms with Crippen LogP contribution in [0, 0.1) is 6.92 Å². The van der Waals surface area contributed by atoms with Crippen molar-refractivity contribution in [1.82, 2.24) is 25.7 Å². The smallest absolute Gasteiger partial charge is 0.440 e. The minimum absolute atomic E-state index is 0.00591. The minimum atomic E-state index is -5.20. The van der Waals surface area contributed by atoms with Gasteiger partial charge >= 0.3 is 18.3 Å². The van der Waals surface area contributed by atoms with E-state index in [1.54, 1.807) is 0 Å². The summed E-state index contributed by atoms with van der Waals surface area (Å²) in [5.41, 5.74) is 1.95. The van der Waals surface area contributed by atoms with Crippen molar-refractivity contribution in [2.24, 2.45) is 0 Å². The second-order valence-electron chi connectivity index (χ2n) is 10.4. The molecule has 0 aliphatic rings. The Morgan fingerprint density at radius 2 is 1.84 bits per heavy atom. The third-order valence-electron chi connectivity index (χ3n) is 6.87. The number of hydrogen-bond acceptors (Lipinski definition) is 8. The fourth-order valence-corrected chi connectivity index (χ4v) is 5.38. The van der Waals surface area contributed by atoms with E-state index < -0.39 is 36.2 Å². The molecule has 0 amide bonds. The maximum absolute atomic E-state index is 13.4. The van der Waals surface area contributed by atoms with E-state index >= 15 is 0 Å². The van der Waals surface area contributed by atoms with Crippen molar-refractivity contribution in [3.63, 3.8) is 0 Å². The minimum Gasteiger partial charge on any atom is -0.440 e. The highest BCUT2D eigenvalue weighted by Crippen LogP contribution is 2.31. The number of aromatic amines is 1. The number of benzene rings is 2. The number of aryl methyl sites for hydroxylation is 1. The molecule has 238 valence electrons. The number of hydrogen-bond donors (Lipinski definition) is 3. The van der Waals surface area contributed by atoms with E-state index in [0.29, 0.717) is 28.5 Å². The first-order valence-corrected chi connectivity index (χ1v) is 14.9. The largest absolute Gasteiger partial charge is 0.490 e. The number of unbranched alkanes of at least 4 members (excludes halogenated alkanes) is 3. The lowest BCUT2D eigenvalue weighted by atomic mass is 10.0. The lowest BCUT2D eigenvalue weighted by Crippen LogP contribution is -2.47. The predicted octanol–water partition coefficient (Wildman–Crippen LogP) is 7.42. The van der Waals surface area contributed by atoms with Crippen LogP contribution in [0.5, 0.6) is 0 Å². The Morgan fingerprint density at radius 1 is 1.05 bits per heavy atom. The summed E-state index contributed by atoms with van der Waals surface area (Å²) in [6.45, 7) is 3.92. The number of carbonyl (C=O) groups excluding carboxylic acids is 1. The van der Waals surface area contributed by atoms with Gasteiger partial charge in [-0.3, -0.25) is 10.4 Å². The van der Waals surface area contributed by atoms with Crippen LogP contribution in [0.2, 0.25) is 0 Å². The second kappa shape index (κ2) is 14.4. The van der Waals surface area contributed by atoms with Crippen molar-refractivity contribution >= 4 is 33.3 Å². The molecule has 0 saturated carbocycles. The van der Waals surface area contributed by atoms with E-state index in [-0.39, 0.29) is 19.4 Å². The summed E-state index contributed by atoms with van der Waals surface area (Å²) in [5.74, 6) is -2.34. The molecular formula is C29H32F6N6O2S. The Balaban J connectivity index is 1.53. The molecule has 44 heavy (non-hydrogen) atoms. The number of halogens is 6. The summed E-state index contributed by atoms with van der Waals surface area (Å²) in [7, 11) is 0. The van der Waals surface area contributed by atoms with E-state index in [2.05, 4.69) is 31.0 Å². The van der Waals surface area contributed by atoms with E-state index in [0.717, 1.165) is 47.1 Å². The number of nitrogens with zero attached hydrogens (tertiary/aromatic N) is 3. The van der Waals surface area contributed by atoms with Crippen LogP contribution >= 0.6 is 11.3 Å². The van der Waals surface area contributed by atoms with Crippen molar-refractivity contribution in [3.05, 3.63) is 59.3 Å². The molecule has 0 radical (unpaired) electrons. The first kappa shape index (κ1) is 33.2. The van der Waals surface area contributed by atoms with Crippen molar-refractivity contribution in [2.75, 3.05) is 11.9 Å². The maximum Gasteiger partial charge on any atom is 0.490 e. The van der Waals surface area contributed by atoms with Crippen LogP contribution in [-0.2, 0) is 22.1 Å². The molecule has 4 rings (SSSR count). The number of fused-ring (bicyclic) bond motifs is 1. The molecule has 8 nitrogen and oxygen atoms in total. The highest BCUT2D eigenvalue weighted by atomic mass is 32.1. The molecule has 4 aromatic rings. The number of anilines is 1. The Hall–Kier alpha value is -3.72. The highest BCUT2D eigenvalue weighted by molar-refractivity contribution is 7.18. The lowest BCUT2D eigenvalue weighted by Gasteiger charge is -2.27. The van der Waals surface area contributed by atoms with Gasteiger partial charge in [-0.1, -0.05) is 55.7 Å². The van der Waals surface area contributed by atoms with Crippen LogP contribution in [0.1, 0.15) is 55.8 Å². The maximum atomic E-state index is 13.4. The lowest BCUT2D eigenvalue weighted by molar-refractivity contribution is -0.207. The molecule has 2 aromatic carbocycles. The number of H-pyrrole nitrogens is 1. The van der Waals surface area contributed by atoms with Crippen LogP contribution < -0.4 is 10.6 Å². The van der Waals surface area contributed by atoms with Gasteiger partial charge in [0.25, 0.3) is 0 Å². The van der Waals surface area contributed by atoms with Gasteiger partial charge in [-0.05, 0) is 56.0 Å². The highest BCUT2D eigenvalue weighted by Gasteiger charge is 2.42. The predicted molar refractivity (Wildman–Crippen MR) is 155 cm³/mol. The molecule has 15 heteroatoms. The van der Waals surface area contributed by atoms with E-state index in [1.165, 1.54) is 23.5 Å². The summed E-state index contributed by atoms with van der Waals surface area (Å²) in [5, 5.41) is 23.5. The molecule has 2 unspecified atom stereocenters. The summed E-state index contributed by atoms with van der Waals surface area (Å²) in [6.07, 6.45) is -8.04. The molecule has 0 spiro atoms. The zero-order valence-corrected chi connectivity index (χ0v) is 24.8. The number of rotatable bonds is 14. The van der Waals surface area contributed by atoms with Gasteiger partial charge in [-0.25, -0.2) is 4.79 Å². The Bertz CT molecular complexity index is 1540. The van der Waals surface area contributed by atoms with Gasteiger partial charge in [0.2, 0.25) is 5.13 Å². The molecule has 0 aliphatic carbocycles. The van der Waals surface area contributed by atoms with E-state index in [9.17, 15) is 31.1 Å². The van der Waals surface area contributed by atoms with Crippen molar-refractivity contribution < 1.29 is 35.9 Å². The fraction of sp³-hybridized carbons (Fsp3) is 0.448. The SMILES string of the molecule is CCCCCCC(NC(CNc1nnc(-c2ccc3n[nH]c(C)c3c2)s1)Cc1cccc(C(F)(F)F)c1)OC(=O)C(F)(F)F. The zero-order valence-electron chi connectivity index (χ0n) is 24.0. The zero-order chi connectivity index (χ0) is 31.9. The average molecular weight is 643 g/mol. The van der Waals surface area contributed by atoms with Gasteiger partial charge in [0.05, 0.1) is 11.1 Å². The molecule has 0 aliphatic heterocycles. The van der Waals surface area contributed by atoms with Gasteiger partial charge in [-0.15, -0.1) is 10.2 Å². The summed E-state index contributed by atoms with van der Waals surface area (Å²) in [4.78, 5) is 11.7. The van der Waals surface area contributed by atoms with Crippen LogP contribution in [-0.4, -0.2) is 51.4 Å². The Kier molecular flexibility index (Phi) is 10.8. The molecule has 0 saturated heterocycles. The Labute approximate surface area is 253 Å². The quantitative estimate of drug-likeness (QED) is 0.0569. The third-order valence-corrected chi connectivity index (χ3v) is 7.80. The second-order valence-corrected chi connectivity index (χ2v) is 11.4. The first-order valence-electron chi connectivity index (χ1n) is 14.1. The number of alkyl halides is 6. The van der Waals surface area contributed by atoms with E-state index in [4.69, 9.17) is 4.74 Å². The Morgan fingerprint density at radius 3 is 2.57 bits per heavy atom. The average Bonchev–Trinajstić information content (AvgIpc) is 3.59. The standard InChI is InChI=1S/C29H32F6N6O2S/c1-3-4-5-6-10-24(43-26(42)29(33,34)35)37-21(14-18-8-7-9-20(13-18)28(30,31)32)16-36-27-41-40-25(44-27)19-11-12-23-22(15-19)17(2)38-39-23/h7-9,11-13,15,21,24,37H,3-6,10,14,16H2,1-2H3,(H,36,41)(H,38,39). The number of aromatic nitrogens is 4. The van der Waals surface area contributed by atoms with Crippen LogP contribution in [0.3, 0.4) is 0 Å². The van der Waals surface area contributed by atoms with Crippen LogP contribution in [0.15, 0.2) is 42.5 Å². The topological polar surface area (TPSA) is 105 Å². The summed E-state index contributed by atoms with van der Waals surface area (Å²) < 4.78 is 84.0. The van der Waals surface area contributed by atoms with E-state index in [1.807, 2.05) is 32.0 Å². The van der Waals surface area contributed by atoms with Gasteiger partial charge < -0.3 is 10.1 Å². The number of ether oxygens (including phenoxy) is 1. The summed E-state index contributed by atoms with van der Waals surface area (Å²) >= 11 is 1.23.